The van der Waals surface area contributed by atoms with Crippen LogP contribution in [-0.4, -0.2) is 36.3 Å². The number of rotatable bonds is 8. The number of nitrogens with one attached hydrogen (secondary N) is 2. The van der Waals surface area contributed by atoms with E-state index in [9.17, 15) is 0 Å². The van der Waals surface area contributed by atoms with E-state index in [0.29, 0.717) is 0 Å². The molecular weight excluding hydrogens is 216 g/mol. The van der Waals surface area contributed by atoms with Crippen molar-refractivity contribution in [3.8, 4) is 0 Å². The SMILES string of the molecule is CCNc1ncnc(NCCCOCC)c1C. The van der Waals surface area contributed by atoms with Crippen molar-refractivity contribution in [2.24, 2.45) is 0 Å². The molecule has 17 heavy (non-hydrogen) atoms. The fourth-order valence-corrected chi connectivity index (χ4v) is 1.50. The van der Waals surface area contributed by atoms with Crippen molar-refractivity contribution in [1.82, 2.24) is 9.97 Å². The molecule has 0 amide bonds. The lowest BCUT2D eigenvalue weighted by atomic mass is 10.3. The van der Waals surface area contributed by atoms with Crippen LogP contribution in [-0.2, 0) is 4.74 Å². The van der Waals surface area contributed by atoms with E-state index in [1.807, 2.05) is 13.8 Å². The van der Waals surface area contributed by atoms with Crippen LogP contribution in [0.25, 0.3) is 0 Å². The molecule has 5 nitrogen and oxygen atoms in total. The molecule has 0 radical (unpaired) electrons. The minimum atomic E-state index is 0.775. The van der Waals surface area contributed by atoms with E-state index in [1.54, 1.807) is 6.33 Å². The Hall–Kier alpha value is -1.36. The van der Waals surface area contributed by atoms with Crippen LogP contribution in [0.15, 0.2) is 6.33 Å². The van der Waals surface area contributed by atoms with Gasteiger partial charge in [-0.15, -0.1) is 0 Å². The lowest BCUT2D eigenvalue weighted by Gasteiger charge is -2.11. The molecule has 0 saturated carbocycles. The van der Waals surface area contributed by atoms with Crippen molar-refractivity contribution in [2.45, 2.75) is 27.2 Å². The van der Waals surface area contributed by atoms with E-state index in [0.717, 1.165) is 49.9 Å². The summed E-state index contributed by atoms with van der Waals surface area (Å²) in [7, 11) is 0. The van der Waals surface area contributed by atoms with Crippen LogP contribution in [0.2, 0.25) is 0 Å². The summed E-state index contributed by atoms with van der Waals surface area (Å²) >= 11 is 0. The molecule has 0 spiro atoms. The van der Waals surface area contributed by atoms with Gasteiger partial charge in [0.1, 0.15) is 18.0 Å². The Kier molecular flexibility index (Phi) is 6.32. The maximum atomic E-state index is 5.28. The molecule has 1 heterocycles. The third kappa shape index (κ3) is 4.56. The van der Waals surface area contributed by atoms with Gasteiger partial charge in [-0.05, 0) is 27.2 Å². The highest BCUT2D eigenvalue weighted by atomic mass is 16.5. The van der Waals surface area contributed by atoms with Crippen molar-refractivity contribution < 1.29 is 4.74 Å². The molecule has 0 bridgehead atoms. The van der Waals surface area contributed by atoms with Gasteiger partial charge in [-0.25, -0.2) is 9.97 Å². The van der Waals surface area contributed by atoms with Crippen molar-refractivity contribution in [3.63, 3.8) is 0 Å². The van der Waals surface area contributed by atoms with E-state index >= 15 is 0 Å². The predicted octanol–water partition coefficient (Wildman–Crippen LogP) is 2.06. The van der Waals surface area contributed by atoms with Crippen molar-refractivity contribution >= 4 is 11.6 Å². The zero-order valence-electron chi connectivity index (χ0n) is 10.9. The van der Waals surface area contributed by atoms with E-state index in [2.05, 4.69) is 27.5 Å². The molecule has 0 aliphatic rings. The molecule has 0 unspecified atom stereocenters. The maximum absolute atomic E-state index is 5.28. The third-order valence-electron chi connectivity index (χ3n) is 2.39. The second kappa shape index (κ2) is 7.84. The molecular formula is C12H22N4O. The van der Waals surface area contributed by atoms with Gasteiger partial charge in [-0.2, -0.15) is 0 Å². The molecule has 1 aromatic rings. The number of ether oxygens (including phenoxy) is 1. The van der Waals surface area contributed by atoms with E-state index in [4.69, 9.17) is 4.74 Å². The van der Waals surface area contributed by atoms with Crippen LogP contribution < -0.4 is 10.6 Å². The highest BCUT2D eigenvalue weighted by Gasteiger charge is 2.04. The summed E-state index contributed by atoms with van der Waals surface area (Å²) in [5, 5.41) is 6.51. The molecule has 96 valence electrons. The minimum Gasteiger partial charge on any atom is -0.382 e. The fraction of sp³-hybridized carbons (Fsp3) is 0.667. The monoisotopic (exact) mass is 238 g/mol. The van der Waals surface area contributed by atoms with E-state index < -0.39 is 0 Å². The van der Waals surface area contributed by atoms with Crippen molar-refractivity contribution in [3.05, 3.63) is 11.9 Å². The quantitative estimate of drug-likeness (QED) is 0.679. The fourth-order valence-electron chi connectivity index (χ4n) is 1.50. The van der Waals surface area contributed by atoms with Gasteiger partial charge >= 0.3 is 0 Å². The number of hydrogen-bond donors (Lipinski definition) is 2. The Balaban J connectivity index is 2.44. The average molecular weight is 238 g/mol. The molecule has 0 fully saturated rings. The molecule has 1 rings (SSSR count). The summed E-state index contributed by atoms with van der Waals surface area (Å²) in [6.07, 6.45) is 2.56. The molecule has 0 aromatic carbocycles. The van der Waals surface area contributed by atoms with Crippen molar-refractivity contribution in [1.29, 1.82) is 0 Å². The Morgan fingerprint density at radius 2 is 1.88 bits per heavy atom. The van der Waals surface area contributed by atoms with Crippen LogP contribution in [0.3, 0.4) is 0 Å². The maximum Gasteiger partial charge on any atom is 0.134 e. The molecule has 5 heteroatoms. The summed E-state index contributed by atoms with van der Waals surface area (Å²) in [4.78, 5) is 8.44. The van der Waals surface area contributed by atoms with Gasteiger partial charge in [-0.3, -0.25) is 0 Å². The summed E-state index contributed by atoms with van der Waals surface area (Å²) in [6, 6.07) is 0. The summed E-state index contributed by atoms with van der Waals surface area (Å²) < 4.78 is 5.28. The Bertz CT molecular complexity index is 330. The summed E-state index contributed by atoms with van der Waals surface area (Å²) in [5.74, 6) is 1.79. The number of hydrogen-bond acceptors (Lipinski definition) is 5. The van der Waals surface area contributed by atoms with Crippen LogP contribution in [0.4, 0.5) is 11.6 Å². The van der Waals surface area contributed by atoms with Gasteiger partial charge in [-0.1, -0.05) is 0 Å². The van der Waals surface area contributed by atoms with Crippen molar-refractivity contribution in [2.75, 3.05) is 36.9 Å². The number of anilines is 2. The van der Waals surface area contributed by atoms with Gasteiger partial charge in [0.25, 0.3) is 0 Å². The highest BCUT2D eigenvalue weighted by molar-refractivity contribution is 5.56. The second-order valence-corrected chi connectivity index (χ2v) is 3.70. The van der Waals surface area contributed by atoms with Gasteiger partial charge < -0.3 is 15.4 Å². The molecule has 2 N–H and O–H groups in total. The number of aromatic nitrogens is 2. The van der Waals surface area contributed by atoms with E-state index in [1.165, 1.54) is 0 Å². The zero-order chi connectivity index (χ0) is 12.5. The highest BCUT2D eigenvalue weighted by Crippen LogP contribution is 2.17. The van der Waals surface area contributed by atoms with Gasteiger partial charge in [0.2, 0.25) is 0 Å². The van der Waals surface area contributed by atoms with Gasteiger partial charge in [0.15, 0.2) is 0 Å². The lowest BCUT2D eigenvalue weighted by molar-refractivity contribution is 0.147. The number of nitrogens with zero attached hydrogens (tertiary/aromatic N) is 2. The molecule has 0 atom stereocenters. The van der Waals surface area contributed by atoms with Gasteiger partial charge in [0, 0.05) is 31.9 Å². The predicted molar refractivity (Wildman–Crippen MR) is 70.5 cm³/mol. The second-order valence-electron chi connectivity index (χ2n) is 3.70. The normalized spacial score (nSPS) is 10.3. The van der Waals surface area contributed by atoms with E-state index in [-0.39, 0.29) is 0 Å². The van der Waals surface area contributed by atoms with Gasteiger partial charge in [0.05, 0.1) is 0 Å². The summed E-state index contributed by atoms with van der Waals surface area (Å²) in [5.41, 5.74) is 1.06. The molecule has 0 aliphatic heterocycles. The first kappa shape index (κ1) is 13.7. The average Bonchev–Trinajstić information content (AvgIpc) is 2.33. The molecule has 0 saturated heterocycles. The first-order valence-corrected chi connectivity index (χ1v) is 6.16. The largest absolute Gasteiger partial charge is 0.382 e. The third-order valence-corrected chi connectivity index (χ3v) is 2.39. The van der Waals surface area contributed by atoms with Crippen LogP contribution in [0, 0.1) is 6.92 Å². The minimum absolute atomic E-state index is 0.775. The first-order chi connectivity index (χ1) is 8.29. The summed E-state index contributed by atoms with van der Waals surface area (Å²) in [6.45, 7) is 9.36. The Morgan fingerprint density at radius 1 is 1.18 bits per heavy atom. The Morgan fingerprint density at radius 3 is 2.53 bits per heavy atom. The topological polar surface area (TPSA) is 59.1 Å². The smallest absolute Gasteiger partial charge is 0.134 e. The first-order valence-electron chi connectivity index (χ1n) is 6.16. The lowest BCUT2D eigenvalue weighted by Crippen LogP contribution is -2.10. The van der Waals surface area contributed by atoms with Crippen LogP contribution >= 0.6 is 0 Å². The standard InChI is InChI=1S/C12H22N4O/c1-4-13-11-10(3)12(16-9-15-11)14-7-6-8-17-5-2/h9H,4-8H2,1-3H3,(H2,13,14,15,16). The zero-order valence-corrected chi connectivity index (χ0v) is 10.9. The Labute approximate surface area is 103 Å². The molecule has 1 aromatic heterocycles. The van der Waals surface area contributed by atoms with Crippen LogP contribution in [0.5, 0.6) is 0 Å². The van der Waals surface area contributed by atoms with Crippen LogP contribution in [0.1, 0.15) is 25.8 Å². The molecule has 0 aliphatic carbocycles.